The first-order valence-corrected chi connectivity index (χ1v) is 9.75. The molecule has 0 aliphatic carbocycles. The lowest BCUT2D eigenvalue weighted by Gasteiger charge is -2.20. The van der Waals surface area contributed by atoms with Gasteiger partial charge in [-0.3, -0.25) is 9.59 Å². The van der Waals surface area contributed by atoms with Gasteiger partial charge in [-0.25, -0.2) is 0 Å². The van der Waals surface area contributed by atoms with E-state index in [1.54, 1.807) is 63.5 Å². The molecule has 7 nitrogen and oxygen atoms in total. The summed E-state index contributed by atoms with van der Waals surface area (Å²) in [5, 5.41) is 9.54. The number of nitriles is 1. The van der Waals surface area contributed by atoms with Crippen LogP contribution in [0.4, 0.5) is 0 Å². The maximum absolute atomic E-state index is 12.8. The molecular formula is C24H26N2O5. The van der Waals surface area contributed by atoms with Crippen molar-refractivity contribution in [3.05, 3.63) is 59.2 Å². The quantitative estimate of drug-likeness (QED) is 0.347. The van der Waals surface area contributed by atoms with Crippen molar-refractivity contribution in [2.24, 2.45) is 0 Å². The van der Waals surface area contributed by atoms with Crippen molar-refractivity contribution in [2.45, 2.75) is 20.0 Å². The third-order valence-corrected chi connectivity index (χ3v) is 4.37. The van der Waals surface area contributed by atoms with E-state index in [9.17, 15) is 14.9 Å². The molecule has 0 spiro atoms. The fourth-order valence-electron chi connectivity index (χ4n) is 2.82. The lowest BCUT2D eigenvalue weighted by atomic mass is 10.0. The molecular weight excluding hydrogens is 396 g/mol. The maximum Gasteiger partial charge on any atom is 0.262 e. The van der Waals surface area contributed by atoms with Crippen LogP contribution in [-0.2, 0) is 4.79 Å². The average molecular weight is 422 g/mol. The minimum Gasteiger partial charge on any atom is -0.497 e. The van der Waals surface area contributed by atoms with Crippen LogP contribution in [0.15, 0.2) is 48.0 Å². The lowest BCUT2D eigenvalue weighted by molar-refractivity contribution is -0.135. The Morgan fingerprint density at radius 1 is 1.16 bits per heavy atom. The minimum atomic E-state index is -0.695. The van der Waals surface area contributed by atoms with Gasteiger partial charge in [0, 0.05) is 19.7 Å². The van der Waals surface area contributed by atoms with Crippen LogP contribution in [0.1, 0.15) is 29.8 Å². The predicted octanol–water partition coefficient (Wildman–Crippen LogP) is 3.74. The molecule has 0 heterocycles. The second kappa shape index (κ2) is 10.8. The van der Waals surface area contributed by atoms with Crippen LogP contribution in [0.25, 0.3) is 6.08 Å². The Morgan fingerprint density at radius 3 is 2.52 bits per heavy atom. The van der Waals surface area contributed by atoms with Gasteiger partial charge in [-0.1, -0.05) is 18.2 Å². The van der Waals surface area contributed by atoms with Crippen LogP contribution in [0.3, 0.4) is 0 Å². The normalized spacial score (nSPS) is 11.8. The van der Waals surface area contributed by atoms with E-state index in [0.717, 1.165) is 0 Å². The first-order chi connectivity index (χ1) is 14.8. The number of allylic oxidation sites excluding steroid dienone is 1. The number of nitrogens with zero attached hydrogens (tertiary/aromatic N) is 2. The second-order valence-corrected chi connectivity index (χ2v) is 6.86. The van der Waals surface area contributed by atoms with Crippen LogP contribution >= 0.6 is 0 Å². The second-order valence-electron chi connectivity index (χ2n) is 6.86. The Balaban J connectivity index is 2.35. The number of Topliss-reactive ketones (excluding diaryl/α,β-unsaturated/α-hetero) is 1. The highest BCUT2D eigenvalue weighted by Crippen LogP contribution is 2.31. The molecule has 0 aromatic heterocycles. The van der Waals surface area contributed by atoms with Crippen molar-refractivity contribution in [1.29, 1.82) is 5.26 Å². The van der Waals surface area contributed by atoms with Crippen molar-refractivity contribution < 1.29 is 23.8 Å². The largest absolute Gasteiger partial charge is 0.497 e. The predicted molar refractivity (Wildman–Crippen MR) is 117 cm³/mol. The SMILES string of the molecule is CCOc1cc(/C=C(\C#N)C(=O)c2cccc(OC)c2)ccc1O[C@H](C)C(=O)N(C)C. The molecule has 162 valence electrons. The third kappa shape index (κ3) is 6.09. The first kappa shape index (κ1) is 23.5. The molecule has 0 aliphatic rings. The molecule has 1 amide bonds. The number of benzene rings is 2. The van der Waals surface area contributed by atoms with Crippen LogP contribution in [-0.4, -0.2) is 50.5 Å². The molecule has 2 aromatic carbocycles. The van der Waals surface area contributed by atoms with E-state index < -0.39 is 11.9 Å². The van der Waals surface area contributed by atoms with Crippen molar-refractivity contribution in [1.82, 2.24) is 4.90 Å². The highest BCUT2D eigenvalue weighted by Gasteiger charge is 2.19. The van der Waals surface area contributed by atoms with Crippen LogP contribution in [0.2, 0.25) is 0 Å². The Morgan fingerprint density at radius 2 is 1.90 bits per heavy atom. The summed E-state index contributed by atoms with van der Waals surface area (Å²) in [6.45, 7) is 3.87. The molecule has 0 saturated carbocycles. The summed E-state index contributed by atoms with van der Waals surface area (Å²) in [5.74, 6) is 0.761. The summed E-state index contributed by atoms with van der Waals surface area (Å²) in [6.07, 6.45) is 0.794. The van der Waals surface area contributed by atoms with Gasteiger partial charge in [0.05, 0.1) is 13.7 Å². The molecule has 2 aromatic rings. The fourth-order valence-corrected chi connectivity index (χ4v) is 2.82. The summed E-state index contributed by atoms with van der Waals surface area (Å²) < 4.78 is 16.6. The number of carbonyl (C=O) groups excluding carboxylic acids is 2. The summed E-state index contributed by atoms with van der Waals surface area (Å²) in [7, 11) is 4.82. The number of hydrogen-bond donors (Lipinski definition) is 0. The standard InChI is InChI=1S/C24H26N2O5/c1-6-30-22-13-17(10-11-21(22)31-16(2)24(28)26(3)4)12-19(15-25)23(27)18-8-7-9-20(14-18)29-5/h7-14,16H,6H2,1-5H3/b19-12+/t16-/m1/s1. The zero-order chi connectivity index (χ0) is 23.0. The minimum absolute atomic E-state index is 0.0273. The van der Waals surface area contributed by atoms with Gasteiger partial charge in [-0.05, 0) is 49.8 Å². The van der Waals surface area contributed by atoms with E-state index in [2.05, 4.69) is 0 Å². The van der Waals surface area contributed by atoms with E-state index in [-0.39, 0.29) is 11.5 Å². The number of ketones is 1. The number of ether oxygens (including phenoxy) is 3. The smallest absolute Gasteiger partial charge is 0.262 e. The fraction of sp³-hybridized carbons (Fsp3) is 0.292. The van der Waals surface area contributed by atoms with E-state index in [1.807, 2.05) is 13.0 Å². The third-order valence-electron chi connectivity index (χ3n) is 4.37. The Bertz CT molecular complexity index is 1020. The van der Waals surface area contributed by atoms with E-state index in [1.165, 1.54) is 18.1 Å². The topological polar surface area (TPSA) is 88.9 Å². The van der Waals surface area contributed by atoms with Crippen molar-refractivity contribution in [3.8, 4) is 23.3 Å². The van der Waals surface area contributed by atoms with Crippen molar-refractivity contribution >= 4 is 17.8 Å². The van der Waals surface area contributed by atoms with Crippen LogP contribution < -0.4 is 14.2 Å². The first-order valence-electron chi connectivity index (χ1n) is 9.75. The molecule has 0 fully saturated rings. The molecule has 0 N–H and O–H groups in total. The van der Waals surface area contributed by atoms with Gasteiger partial charge < -0.3 is 19.1 Å². The van der Waals surface area contributed by atoms with Crippen molar-refractivity contribution in [2.75, 3.05) is 27.8 Å². The van der Waals surface area contributed by atoms with E-state index in [0.29, 0.717) is 35.0 Å². The Kier molecular flexibility index (Phi) is 8.21. The highest BCUT2D eigenvalue weighted by atomic mass is 16.5. The molecule has 0 aliphatic heterocycles. The summed E-state index contributed by atoms with van der Waals surface area (Å²) in [6, 6.07) is 13.6. The van der Waals surface area contributed by atoms with Gasteiger partial charge in [0.25, 0.3) is 5.91 Å². The van der Waals surface area contributed by atoms with Gasteiger partial charge in [0.15, 0.2) is 17.6 Å². The van der Waals surface area contributed by atoms with Gasteiger partial charge in [0.1, 0.15) is 17.4 Å². The van der Waals surface area contributed by atoms with Gasteiger partial charge in [-0.2, -0.15) is 5.26 Å². The summed E-state index contributed by atoms with van der Waals surface area (Å²) >= 11 is 0. The molecule has 0 saturated heterocycles. The number of hydrogen-bond acceptors (Lipinski definition) is 6. The summed E-state index contributed by atoms with van der Waals surface area (Å²) in [4.78, 5) is 26.3. The zero-order valence-electron chi connectivity index (χ0n) is 18.3. The van der Waals surface area contributed by atoms with Gasteiger partial charge in [-0.15, -0.1) is 0 Å². The van der Waals surface area contributed by atoms with Gasteiger partial charge >= 0.3 is 0 Å². The number of amides is 1. The lowest BCUT2D eigenvalue weighted by Crippen LogP contribution is -2.35. The Hall–Kier alpha value is -3.79. The molecule has 0 radical (unpaired) electrons. The molecule has 1 atom stereocenters. The van der Waals surface area contributed by atoms with E-state index in [4.69, 9.17) is 14.2 Å². The van der Waals surface area contributed by atoms with Crippen LogP contribution in [0.5, 0.6) is 17.2 Å². The Labute approximate surface area is 182 Å². The van der Waals surface area contributed by atoms with Crippen molar-refractivity contribution in [3.63, 3.8) is 0 Å². The zero-order valence-corrected chi connectivity index (χ0v) is 18.3. The number of rotatable bonds is 9. The van der Waals surface area contributed by atoms with Gasteiger partial charge in [0.2, 0.25) is 5.78 Å². The number of methoxy groups -OCH3 is 1. The molecule has 7 heteroatoms. The highest BCUT2D eigenvalue weighted by molar-refractivity contribution is 6.14. The number of likely N-dealkylation sites (N-methyl/N-ethyl adjacent to an activating group) is 1. The monoisotopic (exact) mass is 422 g/mol. The molecule has 0 bridgehead atoms. The van der Waals surface area contributed by atoms with Crippen LogP contribution in [0, 0.1) is 11.3 Å². The maximum atomic E-state index is 12.8. The summed E-state index contributed by atoms with van der Waals surface area (Å²) in [5.41, 5.74) is 0.920. The number of carbonyl (C=O) groups is 2. The average Bonchev–Trinajstić information content (AvgIpc) is 2.78. The molecule has 0 unspecified atom stereocenters. The van der Waals surface area contributed by atoms with E-state index >= 15 is 0 Å². The molecule has 31 heavy (non-hydrogen) atoms. The molecule has 2 rings (SSSR count).